The normalized spacial score (nSPS) is 11.2. The van der Waals surface area contributed by atoms with Gasteiger partial charge in [-0.3, -0.25) is 9.52 Å². The topological polar surface area (TPSA) is 66.5 Å². The quantitative estimate of drug-likeness (QED) is 0.856. The van der Waals surface area contributed by atoms with Gasteiger partial charge in [0.2, 0.25) is 0 Å². The first-order chi connectivity index (χ1) is 11.8. The molecule has 134 valence electrons. The van der Waals surface area contributed by atoms with Crippen LogP contribution in [0.4, 0.5) is 5.69 Å². The molecule has 1 N–H and O–H groups in total. The molecule has 0 fully saturated rings. The Morgan fingerprint density at radius 2 is 1.60 bits per heavy atom. The summed E-state index contributed by atoms with van der Waals surface area (Å²) >= 11 is 0. The van der Waals surface area contributed by atoms with Gasteiger partial charge in [0.15, 0.2) is 0 Å². The minimum absolute atomic E-state index is 0.0738. The van der Waals surface area contributed by atoms with Crippen LogP contribution in [0.2, 0.25) is 0 Å². The average molecular weight is 360 g/mol. The van der Waals surface area contributed by atoms with E-state index < -0.39 is 10.0 Å². The van der Waals surface area contributed by atoms with Gasteiger partial charge in [0, 0.05) is 24.3 Å². The van der Waals surface area contributed by atoms with Crippen LogP contribution in [0.3, 0.4) is 0 Å². The van der Waals surface area contributed by atoms with Crippen LogP contribution < -0.4 is 4.72 Å². The van der Waals surface area contributed by atoms with Gasteiger partial charge in [-0.2, -0.15) is 0 Å². The van der Waals surface area contributed by atoms with Crippen LogP contribution >= 0.6 is 0 Å². The van der Waals surface area contributed by atoms with Crippen molar-refractivity contribution in [3.63, 3.8) is 0 Å². The third-order valence-corrected chi connectivity index (χ3v) is 5.29. The third-order valence-electron chi connectivity index (χ3n) is 3.92. The van der Waals surface area contributed by atoms with E-state index >= 15 is 0 Å². The van der Waals surface area contributed by atoms with Gasteiger partial charge in [-0.25, -0.2) is 8.42 Å². The predicted octanol–water partition coefficient (Wildman–Crippen LogP) is 3.59. The molecule has 0 atom stereocenters. The van der Waals surface area contributed by atoms with Crippen molar-refractivity contribution in [1.29, 1.82) is 0 Å². The summed E-state index contributed by atoms with van der Waals surface area (Å²) in [6.07, 6.45) is 0. The second-order valence-electron chi connectivity index (χ2n) is 5.99. The maximum atomic E-state index is 12.7. The molecule has 6 heteroatoms. The van der Waals surface area contributed by atoms with Crippen LogP contribution in [0.15, 0.2) is 47.4 Å². The van der Waals surface area contributed by atoms with Crippen LogP contribution in [0.1, 0.15) is 35.3 Å². The van der Waals surface area contributed by atoms with Gasteiger partial charge in [0.05, 0.1) is 4.90 Å². The molecule has 0 aromatic heterocycles. The summed E-state index contributed by atoms with van der Waals surface area (Å²) in [5.41, 5.74) is 2.83. The summed E-state index contributed by atoms with van der Waals surface area (Å²) in [5.74, 6) is -0.173. The Kier molecular flexibility index (Phi) is 5.85. The molecule has 2 aromatic carbocycles. The van der Waals surface area contributed by atoms with Crippen molar-refractivity contribution in [3.8, 4) is 0 Å². The van der Waals surface area contributed by atoms with Crippen molar-refractivity contribution in [2.45, 2.75) is 32.6 Å². The number of rotatable bonds is 6. The number of nitrogens with zero attached hydrogens (tertiary/aromatic N) is 1. The second-order valence-corrected chi connectivity index (χ2v) is 7.67. The first kappa shape index (κ1) is 19.0. The molecular formula is C19H24N2O3S. The Morgan fingerprint density at radius 3 is 2.16 bits per heavy atom. The monoisotopic (exact) mass is 360 g/mol. The Labute approximate surface area is 149 Å². The highest BCUT2D eigenvalue weighted by Crippen LogP contribution is 2.20. The third kappa shape index (κ3) is 4.60. The van der Waals surface area contributed by atoms with Gasteiger partial charge in [0.1, 0.15) is 0 Å². The van der Waals surface area contributed by atoms with E-state index in [9.17, 15) is 13.2 Å². The lowest BCUT2D eigenvalue weighted by molar-refractivity contribution is 0.0772. The molecule has 5 nitrogen and oxygen atoms in total. The van der Waals surface area contributed by atoms with E-state index in [1.807, 2.05) is 33.8 Å². The Bertz CT molecular complexity index is 852. The van der Waals surface area contributed by atoms with Crippen molar-refractivity contribution >= 4 is 21.6 Å². The fourth-order valence-corrected chi connectivity index (χ4v) is 3.82. The number of hydrogen-bond acceptors (Lipinski definition) is 3. The van der Waals surface area contributed by atoms with E-state index in [4.69, 9.17) is 0 Å². The molecule has 0 spiro atoms. The molecule has 0 aliphatic heterocycles. The zero-order valence-corrected chi connectivity index (χ0v) is 15.9. The average Bonchev–Trinajstić information content (AvgIpc) is 2.54. The van der Waals surface area contributed by atoms with Gasteiger partial charge >= 0.3 is 0 Å². The van der Waals surface area contributed by atoms with E-state index in [1.165, 1.54) is 12.1 Å². The summed E-state index contributed by atoms with van der Waals surface area (Å²) in [5, 5.41) is 0. The lowest BCUT2D eigenvalue weighted by Crippen LogP contribution is -2.30. The van der Waals surface area contributed by atoms with Gasteiger partial charge in [-0.05, 0) is 69.2 Å². The van der Waals surface area contributed by atoms with E-state index in [1.54, 1.807) is 29.2 Å². The van der Waals surface area contributed by atoms with E-state index in [0.29, 0.717) is 24.3 Å². The van der Waals surface area contributed by atoms with Crippen molar-refractivity contribution in [2.24, 2.45) is 0 Å². The Balaban J connectivity index is 2.33. The largest absolute Gasteiger partial charge is 0.339 e. The minimum atomic E-state index is -3.76. The first-order valence-corrected chi connectivity index (χ1v) is 9.75. The van der Waals surface area contributed by atoms with Gasteiger partial charge < -0.3 is 4.90 Å². The summed E-state index contributed by atoms with van der Waals surface area (Å²) in [6, 6.07) is 11.7. The van der Waals surface area contributed by atoms with Crippen molar-refractivity contribution < 1.29 is 13.2 Å². The van der Waals surface area contributed by atoms with Crippen LogP contribution in [0, 0.1) is 13.8 Å². The van der Waals surface area contributed by atoms with Crippen molar-refractivity contribution in [3.05, 3.63) is 59.2 Å². The molecule has 0 bridgehead atoms. The van der Waals surface area contributed by atoms with Crippen LogP contribution in [-0.2, 0) is 10.0 Å². The Hall–Kier alpha value is -2.34. The van der Waals surface area contributed by atoms with Gasteiger partial charge in [-0.15, -0.1) is 0 Å². The highest BCUT2D eigenvalue weighted by Gasteiger charge is 2.18. The molecule has 0 aliphatic rings. The predicted molar refractivity (Wildman–Crippen MR) is 100 cm³/mol. The van der Waals surface area contributed by atoms with Crippen LogP contribution in [-0.4, -0.2) is 32.3 Å². The number of amides is 1. The number of carbonyl (C=O) groups is 1. The molecular weight excluding hydrogens is 336 g/mol. The number of hydrogen-bond donors (Lipinski definition) is 1. The highest BCUT2D eigenvalue weighted by atomic mass is 32.2. The molecule has 2 aromatic rings. The summed E-state index contributed by atoms with van der Waals surface area (Å²) in [7, 11) is -3.76. The molecule has 2 rings (SSSR count). The molecule has 25 heavy (non-hydrogen) atoms. The van der Waals surface area contributed by atoms with Crippen LogP contribution in [0.25, 0.3) is 0 Å². The molecule has 0 heterocycles. The number of nitrogens with one attached hydrogen (secondary N) is 1. The molecule has 0 aliphatic carbocycles. The minimum Gasteiger partial charge on any atom is -0.339 e. The number of anilines is 1. The van der Waals surface area contributed by atoms with E-state index in [2.05, 4.69) is 4.72 Å². The number of carbonyl (C=O) groups excluding carboxylic acids is 1. The maximum Gasteiger partial charge on any atom is 0.261 e. The van der Waals surface area contributed by atoms with E-state index in [-0.39, 0.29) is 10.8 Å². The SMILES string of the molecule is CCN(CC)C(=O)c1cccc(S(=O)(=O)Nc2cc(C)cc(C)c2)c1. The lowest BCUT2D eigenvalue weighted by Gasteiger charge is -2.19. The molecule has 0 unspecified atom stereocenters. The zero-order valence-electron chi connectivity index (χ0n) is 15.0. The van der Waals surface area contributed by atoms with Crippen molar-refractivity contribution in [1.82, 2.24) is 4.90 Å². The second kappa shape index (κ2) is 7.70. The smallest absolute Gasteiger partial charge is 0.261 e. The molecule has 0 radical (unpaired) electrons. The standard InChI is InChI=1S/C19H24N2O3S/c1-5-21(6-2)19(22)16-8-7-9-18(13-16)25(23,24)20-17-11-14(3)10-15(4)12-17/h7-13,20H,5-6H2,1-4H3. The fraction of sp³-hybridized carbons (Fsp3) is 0.316. The Morgan fingerprint density at radius 1 is 1.00 bits per heavy atom. The summed E-state index contributed by atoms with van der Waals surface area (Å²) in [4.78, 5) is 14.2. The van der Waals surface area contributed by atoms with Crippen molar-refractivity contribution in [2.75, 3.05) is 17.8 Å². The first-order valence-electron chi connectivity index (χ1n) is 8.27. The number of aryl methyl sites for hydroxylation is 2. The molecule has 1 amide bonds. The number of benzene rings is 2. The molecule has 0 saturated carbocycles. The van der Waals surface area contributed by atoms with Crippen LogP contribution in [0.5, 0.6) is 0 Å². The lowest BCUT2D eigenvalue weighted by atomic mass is 10.1. The van der Waals surface area contributed by atoms with Gasteiger partial charge in [-0.1, -0.05) is 12.1 Å². The summed E-state index contributed by atoms with van der Waals surface area (Å²) in [6.45, 7) is 8.76. The fourth-order valence-electron chi connectivity index (χ4n) is 2.74. The zero-order chi connectivity index (χ0) is 18.6. The number of sulfonamides is 1. The summed E-state index contributed by atoms with van der Waals surface area (Å²) < 4.78 is 27.9. The maximum absolute atomic E-state index is 12.7. The van der Waals surface area contributed by atoms with Gasteiger partial charge in [0.25, 0.3) is 15.9 Å². The van der Waals surface area contributed by atoms with E-state index in [0.717, 1.165) is 11.1 Å². The molecule has 0 saturated heterocycles. The highest BCUT2D eigenvalue weighted by molar-refractivity contribution is 7.92.